The molecular formula is C27H34N4. The molecule has 0 unspecified atom stereocenters. The minimum absolute atomic E-state index is 0.862. The van der Waals surface area contributed by atoms with Crippen molar-refractivity contribution in [3.8, 4) is 11.1 Å². The van der Waals surface area contributed by atoms with Crippen molar-refractivity contribution in [3.63, 3.8) is 0 Å². The molecule has 0 radical (unpaired) electrons. The van der Waals surface area contributed by atoms with E-state index < -0.39 is 0 Å². The van der Waals surface area contributed by atoms with Crippen molar-refractivity contribution in [1.29, 1.82) is 0 Å². The molecule has 31 heavy (non-hydrogen) atoms. The number of hydrazone groups is 1. The first-order valence-electron chi connectivity index (χ1n) is 10.8. The highest BCUT2D eigenvalue weighted by Crippen LogP contribution is 2.27. The van der Waals surface area contributed by atoms with Gasteiger partial charge in [0.1, 0.15) is 0 Å². The predicted octanol–water partition coefficient (Wildman–Crippen LogP) is 6.73. The average Bonchev–Trinajstić information content (AvgIpc) is 2.85. The molecule has 3 aromatic carbocycles. The topological polar surface area (TPSA) is 39.7 Å². The van der Waals surface area contributed by atoms with Gasteiger partial charge < -0.3 is 10.6 Å². The van der Waals surface area contributed by atoms with Gasteiger partial charge in [0.05, 0.1) is 0 Å². The molecule has 3 aromatic rings. The SMILES string of the molecule is C=CN(CCCNc1ccccc1-c1ccccc1)/N=C\CC.CNc1ccccc1. The van der Waals surface area contributed by atoms with Gasteiger partial charge in [0.25, 0.3) is 0 Å². The van der Waals surface area contributed by atoms with Crippen LogP contribution in [-0.4, -0.2) is 31.4 Å². The van der Waals surface area contributed by atoms with Gasteiger partial charge in [0, 0.05) is 49.5 Å². The largest absolute Gasteiger partial charge is 0.388 e. The molecule has 3 rings (SSSR count). The third-order valence-corrected chi connectivity index (χ3v) is 4.58. The Morgan fingerprint density at radius 3 is 2.16 bits per heavy atom. The van der Waals surface area contributed by atoms with E-state index in [1.165, 1.54) is 16.8 Å². The maximum absolute atomic E-state index is 4.33. The third kappa shape index (κ3) is 8.79. The average molecular weight is 415 g/mol. The number of nitrogens with zero attached hydrogens (tertiary/aromatic N) is 2. The van der Waals surface area contributed by atoms with E-state index in [-0.39, 0.29) is 0 Å². The molecular weight excluding hydrogens is 380 g/mol. The van der Waals surface area contributed by atoms with Gasteiger partial charge in [-0.05, 0) is 36.6 Å². The Balaban J connectivity index is 0.000000357. The fourth-order valence-electron chi connectivity index (χ4n) is 2.96. The van der Waals surface area contributed by atoms with Gasteiger partial charge in [-0.15, -0.1) is 0 Å². The smallest absolute Gasteiger partial charge is 0.0425 e. The molecule has 0 atom stereocenters. The minimum atomic E-state index is 0.862. The summed E-state index contributed by atoms with van der Waals surface area (Å²) in [7, 11) is 1.91. The number of benzene rings is 3. The summed E-state index contributed by atoms with van der Waals surface area (Å²) in [5.41, 5.74) is 4.79. The highest BCUT2D eigenvalue weighted by atomic mass is 15.4. The van der Waals surface area contributed by atoms with Crippen LogP contribution < -0.4 is 10.6 Å². The minimum Gasteiger partial charge on any atom is -0.388 e. The standard InChI is InChI=1S/C20H25N3.C7H9N/c1-3-15-22-23(4-2)17-10-16-21-20-14-9-8-13-19(20)18-11-6-5-7-12-18;1-8-7-5-3-2-4-6-7/h4-9,11-15,21H,2-3,10,16-17H2,1H3;2-6,8H,1H3/b22-15-;. The molecule has 162 valence electrons. The number of anilines is 2. The van der Waals surface area contributed by atoms with E-state index >= 15 is 0 Å². The van der Waals surface area contributed by atoms with Crippen molar-refractivity contribution >= 4 is 17.6 Å². The van der Waals surface area contributed by atoms with Crippen LogP contribution in [0.4, 0.5) is 11.4 Å². The number of para-hydroxylation sites is 2. The summed E-state index contributed by atoms with van der Waals surface area (Å²) in [5, 5.41) is 12.8. The van der Waals surface area contributed by atoms with Crippen molar-refractivity contribution in [2.45, 2.75) is 19.8 Å². The highest BCUT2D eigenvalue weighted by molar-refractivity contribution is 5.77. The van der Waals surface area contributed by atoms with E-state index in [1.807, 2.05) is 54.7 Å². The van der Waals surface area contributed by atoms with E-state index in [9.17, 15) is 0 Å². The summed E-state index contributed by atoms with van der Waals surface area (Å²) in [6.45, 7) is 7.63. The second kappa shape index (κ2) is 14.5. The van der Waals surface area contributed by atoms with Crippen molar-refractivity contribution in [1.82, 2.24) is 5.01 Å². The van der Waals surface area contributed by atoms with Crippen molar-refractivity contribution in [2.24, 2.45) is 5.10 Å². The van der Waals surface area contributed by atoms with Crippen LogP contribution in [0.5, 0.6) is 0 Å². The maximum Gasteiger partial charge on any atom is 0.0425 e. The molecule has 0 aliphatic heterocycles. The van der Waals surface area contributed by atoms with Crippen LogP contribution in [0.15, 0.2) is 103 Å². The van der Waals surface area contributed by atoms with Crippen LogP contribution in [0.2, 0.25) is 0 Å². The maximum atomic E-state index is 4.33. The Hall–Kier alpha value is -3.53. The Bertz CT molecular complexity index is 891. The van der Waals surface area contributed by atoms with Crippen LogP contribution in [0.25, 0.3) is 11.1 Å². The summed E-state index contributed by atoms with van der Waals surface area (Å²) in [6.07, 6.45) is 5.60. The van der Waals surface area contributed by atoms with Gasteiger partial charge in [-0.1, -0.05) is 80.2 Å². The molecule has 0 bridgehead atoms. The summed E-state index contributed by atoms with van der Waals surface area (Å²) in [5.74, 6) is 0. The van der Waals surface area contributed by atoms with Crippen LogP contribution >= 0.6 is 0 Å². The number of rotatable bonds is 10. The summed E-state index contributed by atoms with van der Waals surface area (Å²) in [6, 6.07) is 28.9. The first kappa shape index (κ1) is 23.7. The Kier molecular flexibility index (Phi) is 11.1. The molecule has 0 aliphatic rings. The molecule has 0 saturated carbocycles. The lowest BCUT2D eigenvalue weighted by atomic mass is 10.0. The zero-order valence-electron chi connectivity index (χ0n) is 18.7. The molecule has 0 amide bonds. The molecule has 0 aromatic heterocycles. The fourth-order valence-corrected chi connectivity index (χ4v) is 2.96. The van der Waals surface area contributed by atoms with Crippen LogP contribution in [0.3, 0.4) is 0 Å². The van der Waals surface area contributed by atoms with Crippen LogP contribution in [0, 0.1) is 0 Å². The van der Waals surface area contributed by atoms with Crippen molar-refractivity contribution < 1.29 is 0 Å². The monoisotopic (exact) mass is 414 g/mol. The lowest BCUT2D eigenvalue weighted by molar-refractivity contribution is 0.398. The Labute approximate surface area is 187 Å². The van der Waals surface area contributed by atoms with Gasteiger partial charge in [0.15, 0.2) is 0 Å². The molecule has 2 N–H and O–H groups in total. The zero-order chi connectivity index (χ0) is 22.2. The molecule has 0 aliphatic carbocycles. The van der Waals surface area contributed by atoms with Gasteiger partial charge >= 0.3 is 0 Å². The van der Waals surface area contributed by atoms with Crippen LogP contribution in [0.1, 0.15) is 19.8 Å². The second-order valence-electron chi connectivity index (χ2n) is 6.86. The molecule has 0 heterocycles. The van der Waals surface area contributed by atoms with Gasteiger partial charge in [-0.2, -0.15) is 5.10 Å². The summed E-state index contributed by atoms with van der Waals surface area (Å²) < 4.78 is 0. The lowest BCUT2D eigenvalue weighted by Crippen LogP contribution is -2.15. The van der Waals surface area contributed by atoms with E-state index in [4.69, 9.17) is 0 Å². The first-order valence-corrected chi connectivity index (χ1v) is 10.8. The normalized spacial score (nSPS) is 10.1. The predicted molar refractivity (Wildman–Crippen MR) is 137 cm³/mol. The molecule has 0 fully saturated rings. The summed E-state index contributed by atoms with van der Waals surface area (Å²) in [4.78, 5) is 0. The number of nitrogens with one attached hydrogen (secondary N) is 2. The number of hydrogen-bond donors (Lipinski definition) is 2. The first-order chi connectivity index (χ1) is 15.3. The second-order valence-corrected chi connectivity index (χ2v) is 6.86. The van der Waals surface area contributed by atoms with E-state index in [0.717, 1.165) is 31.6 Å². The number of hydrogen-bond acceptors (Lipinski definition) is 4. The molecule has 4 heteroatoms. The van der Waals surface area contributed by atoms with Gasteiger partial charge in [0.2, 0.25) is 0 Å². The van der Waals surface area contributed by atoms with Gasteiger partial charge in [-0.3, -0.25) is 5.01 Å². The Morgan fingerprint density at radius 1 is 0.903 bits per heavy atom. The van der Waals surface area contributed by atoms with Crippen LogP contribution in [-0.2, 0) is 0 Å². The lowest BCUT2D eigenvalue weighted by Gasteiger charge is -2.15. The summed E-state index contributed by atoms with van der Waals surface area (Å²) >= 11 is 0. The highest BCUT2D eigenvalue weighted by Gasteiger charge is 2.03. The quantitative estimate of drug-likeness (QED) is 0.220. The Morgan fingerprint density at radius 2 is 1.55 bits per heavy atom. The molecule has 4 nitrogen and oxygen atoms in total. The van der Waals surface area contributed by atoms with E-state index in [1.54, 1.807) is 6.20 Å². The van der Waals surface area contributed by atoms with Gasteiger partial charge in [-0.25, -0.2) is 0 Å². The molecule has 0 saturated heterocycles. The zero-order valence-corrected chi connectivity index (χ0v) is 18.7. The van der Waals surface area contributed by atoms with Crippen molar-refractivity contribution in [3.05, 3.63) is 97.7 Å². The van der Waals surface area contributed by atoms with E-state index in [0.29, 0.717) is 0 Å². The van der Waals surface area contributed by atoms with Crippen molar-refractivity contribution in [2.75, 3.05) is 30.8 Å². The third-order valence-electron chi connectivity index (χ3n) is 4.58. The fraction of sp³-hybridized carbons (Fsp3) is 0.222. The molecule has 0 spiro atoms. The van der Waals surface area contributed by atoms with E-state index in [2.05, 4.69) is 77.8 Å².